The SMILES string of the molecule is COc1ccc(CCN(C)c2nc(C)nc3c2CCNCC3)cc1OC.Cl.Cl. The second kappa shape index (κ2) is 11.3. The molecule has 1 aliphatic rings. The van der Waals surface area contributed by atoms with E-state index in [1.165, 1.54) is 16.8 Å². The molecule has 0 saturated carbocycles. The standard InChI is InChI=1S/C20H28N4O2.2ClH/c1-14-22-17-8-11-21-10-7-16(17)20(23-14)24(2)12-9-15-5-6-18(25-3)19(13-15)26-4;;/h5-6,13,21H,7-12H2,1-4H3;2*1H. The smallest absolute Gasteiger partial charge is 0.160 e. The van der Waals surface area contributed by atoms with E-state index in [9.17, 15) is 0 Å². The van der Waals surface area contributed by atoms with Crippen molar-refractivity contribution < 1.29 is 9.47 Å². The molecule has 28 heavy (non-hydrogen) atoms. The van der Waals surface area contributed by atoms with Gasteiger partial charge in [-0.25, -0.2) is 9.97 Å². The van der Waals surface area contributed by atoms with Crippen LogP contribution >= 0.6 is 24.8 Å². The lowest BCUT2D eigenvalue weighted by Crippen LogP contribution is -2.24. The molecule has 0 amide bonds. The summed E-state index contributed by atoms with van der Waals surface area (Å²) in [5.41, 5.74) is 3.69. The van der Waals surface area contributed by atoms with Gasteiger partial charge in [0.05, 0.1) is 19.9 Å². The molecule has 0 saturated heterocycles. The zero-order chi connectivity index (χ0) is 18.5. The minimum Gasteiger partial charge on any atom is -0.493 e. The number of hydrogen-bond acceptors (Lipinski definition) is 6. The highest BCUT2D eigenvalue weighted by Crippen LogP contribution is 2.28. The lowest BCUT2D eigenvalue weighted by molar-refractivity contribution is 0.354. The van der Waals surface area contributed by atoms with Crippen LogP contribution in [0, 0.1) is 6.92 Å². The summed E-state index contributed by atoms with van der Waals surface area (Å²) < 4.78 is 10.7. The van der Waals surface area contributed by atoms with Crippen LogP contribution < -0.4 is 19.7 Å². The molecule has 0 radical (unpaired) electrons. The summed E-state index contributed by atoms with van der Waals surface area (Å²) in [5, 5.41) is 3.45. The third-order valence-electron chi connectivity index (χ3n) is 4.82. The van der Waals surface area contributed by atoms with Crippen molar-refractivity contribution in [2.75, 3.05) is 45.8 Å². The van der Waals surface area contributed by atoms with E-state index in [1.54, 1.807) is 14.2 Å². The molecule has 156 valence electrons. The van der Waals surface area contributed by atoms with Gasteiger partial charge in [0.1, 0.15) is 11.6 Å². The van der Waals surface area contributed by atoms with Crippen LogP contribution in [0.2, 0.25) is 0 Å². The molecule has 1 aromatic carbocycles. The Bertz CT molecular complexity index is 774. The molecule has 1 aromatic heterocycles. The highest BCUT2D eigenvalue weighted by molar-refractivity contribution is 5.85. The van der Waals surface area contributed by atoms with Crippen LogP contribution in [0.4, 0.5) is 5.82 Å². The number of hydrogen-bond donors (Lipinski definition) is 1. The molecule has 6 nitrogen and oxygen atoms in total. The monoisotopic (exact) mass is 428 g/mol. The Morgan fingerprint density at radius 1 is 1.04 bits per heavy atom. The fourth-order valence-electron chi connectivity index (χ4n) is 3.40. The van der Waals surface area contributed by atoms with Gasteiger partial charge in [-0.1, -0.05) is 6.07 Å². The molecule has 0 aliphatic carbocycles. The van der Waals surface area contributed by atoms with E-state index in [0.29, 0.717) is 0 Å². The van der Waals surface area contributed by atoms with Gasteiger partial charge in [-0.15, -0.1) is 24.8 Å². The van der Waals surface area contributed by atoms with Gasteiger partial charge in [0.15, 0.2) is 11.5 Å². The first-order valence-corrected chi connectivity index (χ1v) is 9.11. The number of nitrogens with zero attached hydrogens (tertiary/aromatic N) is 3. The highest BCUT2D eigenvalue weighted by Gasteiger charge is 2.18. The van der Waals surface area contributed by atoms with Crippen molar-refractivity contribution in [2.24, 2.45) is 0 Å². The normalized spacial score (nSPS) is 12.7. The lowest BCUT2D eigenvalue weighted by Gasteiger charge is -2.23. The molecule has 0 fully saturated rings. The number of benzene rings is 1. The summed E-state index contributed by atoms with van der Waals surface area (Å²) in [4.78, 5) is 11.7. The van der Waals surface area contributed by atoms with E-state index < -0.39 is 0 Å². The molecule has 8 heteroatoms. The van der Waals surface area contributed by atoms with Crippen LogP contribution in [-0.2, 0) is 19.3 Å². The van der Waals surface area contributed by atoms with Crippen molar-refractivity contribution in [3.63, 3.8) is 0 Å². The molecule has 2 heterocycles. The fraction of sp³-hybridized carbons (Fsp3) is 0.500. The molecule has 0 unspecified atom stereocenters. The molecule has 3 rings (SSSR count). The van der Waals surface area contributed by atoms with Crippen LogP contribution in [-0.4, -0.2) is 50.9 Å². The molecule has 0 bridgehead atoms. The largest absolute Gasteiger partial charge is 0.493 e. The van der Waals surface area contributed by atoms with Gasteiger partial charge in [-0.2, -0.15) is 0 Å². The second-order valence-corrected chi connectivity index (χ2v) is 6.63. The molecule has 2 aromatic rings. The Hall–Kier alpha value is -1.76. The number of aryl methyl sites for hydroxylation is 1. The zero-order valence-electron chi connectivity index (χ0n) is 16.9. The predicted molar refractivity (Wildman–Crippen MR) is 118 cm³/mol. The van der Waals surface area contributed by atoms with E-state index in [4.69, 9.17) is 14.5 Å². The van der Waals surface area contributed by atoms with Gasteiger partial charge in [0.2, 0.25) is 0 Å². The number of methoxy groups -OCH3 is 2. The maximum Gasteiger partial charge on any atom is 0.160 e. The first kappa shape index (κ1) is 24.3. The predicted octanol–water partition coefficient (Wildman–Crippen LogP) is 3.01. The Labute approximate surface area is 179 Å². The van der Waals surface area contributed by atoms with Gasteiger partial charge in [-0.3, -0.25) is 0 Å². The number of nitrogens with one attached hydrogen (secondary N) is 1. The van der Waals surface area contributed by atoms with E-state index in [2.05, 4.69) is 28.3 Å². The van der Waals surface area contributed by atoms with Gasteiger partial charge in [0, 0.05) is 32.1 Å². The minimum absolute atomic E-state index is 0. The number of ether oxygens (including phenoxy) is 2. The van der Waals surface area contributed by atoms with E-state index in [0.717, 1.165) is 62.0 Å². The van der Waals surface area contributed by atoms with Crippen LogP contribution in [0.15, 0.2) is 18.2 Å². The Kier molecular flexibility index (Phi) is 9.79. The third kappa shape index (κ3) is 5.63. The van der Waals surface area contributed by atoms with Crippen LogP contribution in [0.3, 0.4) is 0 Å². The van der Waals surface area contributed by atoms with Crippen molar-refractivity contribution in [1.29, 1.82) is 0 Å². The summed E-state index contributed by atoms with van der Waals surface area (Å²) in [6.07, 6.45) is 2.85. The van der Waals surface area contributed by atoms with Gasteiger partial charge >= 0.3 is 0 Å². The number of aromatic nitrogens is 2. The molecule has 0 atom stereocenters. The summed E-state index contributed by atoms with van der Waals surface area (Å²) in [7, 11) is 5.44. The molecule has 1 N–H and O–H groups in total. The number of rotatable bonds is 6. The minimum atomic E-state index is 0. The Morgan fingerprint density at radius 3 is 2.46 bits per heavy atom. The lowest BCUT2D eigenvalue weighted by atomic mass is 10.1. The summed E-state index contributed by atoms with van der Waals surface area (Å²) in [5.74, 6) is 3.44. The number of fused-ring (bicyclic) bond motifs is 1. The average Bonchev–Trinajstić information content (AvgIpc) is 2.90. The van der Waals surface area contributed by atoms with Crippen LogP contribution in [0.1, 0.15) is 22.6 Å². The average molecular weight is 429 g/mol. The number of anilines is 1. The quantitative estimate of drug-likeness (QED) is 0.762. The van der Waals surface area contributed by atoms with Gasteiger partial charge in [-0.05, 0) is 44.0 Å². The fourth-order valence-corrected chi connectivity index (χ4v) is 3.40. The van der Waals surface area contributed by atoms with Crippen LogP contribution in [0.25, 0.3) is 0 Å². The first-order valence-electron chi connectivity index (χ1n) is 9.11. The van der Waals surface area contributed by atoms with Gasteiger partial charge in [0.25, 0.3) is 0 Å². The Morgan fingerprint density at radius 2 is 1.75 bits per heavy atom. The molecular formula is C20H30Cl2N4O2. The topological polar surface area (TPSA) is 59.5 Å². The summed E-state index contributed by atoms with van der Waals surface area (Å²) in [6, 6.07) is 6.09. The summed E-state index contributed by atoms with van der Waals surface area (Å²) in [6.45, 7) is 4.82. The zero-order valence-corrected chi connectivity index (χ0v) is 18.6. The summed E-state index contributed by atoms with van der Waals surface area (Å²) >= 11 is 0. The van der Waals surface area contributed by atoms with E-state index in [-0.39, 0.29) is 24.8 Å². The van der Waals surface area contributed by atoms with Crippen molar-refractivity contribution >= 4 is 30.6 Å². The van der Waals surface area contributed by atoms with Crippen molar-refractivity contribution in [3.05, 3.63) is 40.8 Å². The van der Waals surface area contributed by atoms with E-state index in [1.807, 2.05) is 19.1 Å². The van der Waals surface area contributed by atoms with Crippen molar-refractivity contribution in [1.82, 2.24) is 15.3 Å². The van der Waals surface area contributed by atoms with Crippen molar-refractivity contribution in [2.45, 2.75) is 26.2 Å². The third-order valence-corrected chi connectivity index (χ3v) is 4.82. The first-order chi connectivity index (χ1) is 12.6. The molecule has 1 aliphatic heterocycles. The van der Waals surface area contributed by atoms with Crippen molar-refractivity contribution in [3.8, 4) is 11.5 Å². The molecule has 0 spiro atoms. The van der Waals surface area contributed by atoms with Gasteiger partial charge < -0.3 is 19.7 Å². The highest BCUT2D eigenvalue weighted by atomic mass is 35.5. The number of halogens is 2. The second-order valence-electron chi connectivity index (χ2n) is 6.63. The van der Waals surface area contributed by atoms with E-state index >= 15 is 0 Å². The van der Waals surface area contributed by atoms with Crippen LogP contribution in [0.5, 0.6) is 11.5 Å². The molecular weight excluding hydrogens is 399 g/mol. The Balaban J connectivity index is 0.00000196. The maximum atomic E-state index is 5.41. The number of likely N-dealkylation sites (N-methyl/N-ethyl adjacent to an activating group) is 1. The maximum absolute atomic E-state index is 5.41.